The lowest BCUT2D eigenvalue weighted by Gasteiger charge is -2.14. The Labute approximate surface area is 125 Å². The fourth-order valence-corrected chi connectivity index (χ4v) is 1.81. The molecule has 0 aliphatic rings. The van der Waals surface area contributed by atoms with E-state index in [1.54, 1.807) is 24.3 Å². The first-order chi connectivity index (χ1) is 10.1. The Morgan fingerprint density at radius 3 is 2.67 bits per heavy atom. The minimum absolute atomic E-state index is 0.117. The lowest BCUT2D eigenvalue weighted by Crippen LogP contribution is -2.42. The van der Waals surface area contributed by atoms with Gasteiger partial charge in [0.15, 0.2) is 0 Å². The van der Waals surface area contributed by atoms with Crippen molar-refractivity contribution in [1.29, 1.82) is 0 Å². The maximum absolute atomic E-state index is 12.0. The van der Waals surface area contributed by atoms with Gasteiger partial charge in [0.25, 0.3) is 5.91 Å². The number of nitrogens with zero attached hydrogens (tertiary/aromatic N) is 2. The molecule has 0 saturated carbocycles. The Balaban J connectivity index is 2.07. The number of carboxylic acid groups (broad SMARTS) is 1. The third kappa shape index (κ3) is 4.25. The number of pyridine rings is 2. The molecule has 0 spiro atoms. The molecular weight excluding hydrogens is 294 g/mol. The largest absolute Gasteiger partial charge is 0.480 e. The molecular formula is C14H12ClN3O3. The van der Waals surface area contributed by atoms with Crippen LogP contribution >= 0.6 is 11.6 Å². The summed E-state index contributed by atoms with van der Waals surface area (Å²) in [5, 5.41) is 12.0. The van der Waals surface area contributed by atoms with E-state index in [0.717, 1.165) is 0 Å². The zero-order valence-electron chi connectivity index (χ0n) is 10.9. The van der Waals surface area contributed by atoms with Crippen molar-refractivity contribution in [3.63, 3.8) is 0 Å². The van der Waals surface area contributed by atoms with Gasteiger partial charge in [0, 0.05) is 25.0 Å². The number of rotatable bonds is 5. The maximum Gasteiger partial charge on any atom is 0.326 e. The van der Waals surface area contributed by atoms with Crippen molar-refractivity contribution in [3.8, 4) is 0 Å². The molecule has 2 N–H and O–H groups in total. The first kappa shape index (κ1) is 14.9. The SMILES string of the molecule is O=C(N[C@@H](Cc1ccc(Cl)nc1)C(=O)O)c1cccnc1. The van der Waals surface area contributed by atoms with E-state index in [4.69, 9.17) is 11.6 Å². The van der Waals surface area contributed by atoms with Crippen molar-refractivity contribution in [1.82, 2.24) is 15.3 Å². The number of nitrogens with one attached hydrogen (secondary N) is 1. The minimum Gasteiger partial charge on any atom is -0.480 e. The quantitative estimate of drug-likeness (QED) is 0.818. The molecule has 1 atom stereocenters. The third-order valence-electron chi connectivity index (χ3n) is 2.76. The summed E-state index contributed by atoms with van der Waals surface area (Å²) in [6, 6.07) is 5.35. The number of aliphatic carboxylic acids is 1. The van der Waals surface area contributed by atoms with Crippen molar-refractivity contribution in [2.45, 2.75) is 12.5 Å². The van der Waals surface area contributed by atoms with Crippen molar-refractivity contribution < 1.29 is 14.7 Å². The summed E-state index contributed by atoms with van der Waals surface area (Å²) in [6.07, 6.45) is 4.50. The normalized spacial score (nSPS) is 11.7. The number of hydrogen-bond donors (Lipinski definition) is 2. The average Bonchev–Trinajstić information content (AvgIpc) is 2.49. The summed E-state index contributed by atoms with van der Waals surface area (Å²) in [6.45, 7) is 0. The monoisotopic (exact) mass is 305 g/mol. The van der Waals surface area contributed by atoms with Gasteiger partial charge in [0.2, 0.25) is 0 Å². The molecule has 0 aliphatic heterocycles. The fourth-order valence-electron chi connectivity index (χ4n) is 1.70. The van der Waals surface area contributed by atoms with Crippen LogP contribution in [0.1, 0.15) is 15.9 Å². The van der Waals surface area contributed by atoms with Crippen LogP contribution < -0.4 is 5.32 Å². The van der Waals surface area contributed by atoms with Gasteiger partial charge in [0.1, 0.15) is 11.2 Å². The predicted molar refractivity (Wildman–Crippen MR) is 76.1 cm³/mol. The van der Waals surface area contributed by atoms with Crippen LogP contribution in [0.15, 0.2) is 42.9 Å². The van der Waals surface area contributed by atoms with Gasteiger partial charge < -0.3 is 10.4 Å². The summed E-state index contributed by atoms with van der Waals surface area (Å²) in [4.78, 5) is 30.9. The number of carboxylic acids is 1. The van der Waals surface area contributed by atoms with Gasteiger partial charge in [-0.15, -0.1) is 0 Å². The Kier molecular flexibility index (Phi) is 4.84. The molecule has 0 bridgehead atoms. The van der Waals surface area contributed by atoms with Crippen LogP contribution in [0.25, 0.3) is 0 Å². The predicted octanol–water partition coefficient (Wildman–Crippen LogP) is 1.56. The summed E-state index contributed by atoms with van der Waals surface area (Å²) in [5.74, 6) is -1.61. The third-order valence-corrected chi connectivity index (χ3v) is 2.98. The molecule has 0 radical (unpaired) electrons. The van der Waals surface area contributed by atoms with Crippen molar-refractivity contribution >= 4 is 23.5 Å². The number of carbonyl (C=O) groups excluding carboxylic acids is 1. The highest BCUT2D eigenvalue weighted by Gasteiger charge is 2.21. The Hall–Kier alpha value is -2.47. The highest BCUT2D eigenvalue weighted by Crippen LogP contribution is 2.08. The van der Waals surface area contributed by atoms with Gasteiger partial charge >= 0.3 is 5.97 Å². The van der Waals surface area contributed by atoms with Gasteiger partial charge in [-0.05, 0) is 23.8 Å². The average molecular weight is 306 g/mol. The topological polar surface area (TPSA) is 92.2 Å². The number of halogens is 1. The van der Waals surface area contributed by atoms with Gasteiger partial charge in [-0.25, -0.2) is 9.78 Å². The van der Waals surface area contributed by atoms with E-state index < -0.39 is 17.9 Å². The Bertz CT molecular complexity index is 632. The number of aromatic nitrogens is 2. The smallest absolute Gasteiger partial charge is 0.326 e. The highest BCUT2D eigenvalue weighted by molar-refractivity contribution is 6.29. The van der Waals surface area contributed by atoms with E-state index in [0.29, 0.717) is 16.3 Å². The van der Waals surface area contributed by atoms with E-state index in [1.165, 1.54) is 18.6 Å². The van der Waals surface area contributed by atoms with Crippen molar-refractivity contribution in [3.05, 3.63) is 59.1 Å². The van der Waals surface area contributed by atoms with Crippen LogP contribution in [0, 0.1) is 0 Å². The first-order valence-electron chi connectivity index (χ1n) is 6.10. The second-order valence-electron chi connectivity index (χ2n) is 4.30. The van der Waals surface area contributed by atoms with Crippen LogP contribution in [0.4, 0.5) is 0 Å². The molecule has 6 nitrogen and oxygen atoms in total. The van der Waals surface area contributed by atoms with E-state index in [1.807, 2.05) is 0 Å². The summed E-state index contributed by atoms with van der Waals surface area (Å²) in [5.41, 5.74) is 0.969. The molecule has 0 unspecified atom stereocenters. The Morgan fingerprint density at radius 1 is 1.29 bits per heavy atom. The number of hydrogen-bond acceptors (Lipinski definition) is 4. The molecule has 7 heteroatoms. The summed E-state index contributed by atoms with van der Waals surface area (Å²) < 4.78 is 0. The second-order valence-corrected chi connectivity index (χ2v) is 4.69. The van der Waals surface area contributed by atoms with Crippen molar-refractivity contribution in [2.24, 2.45) is 0 Å². The molecule has 0 saturated heterocycles. The lowest BCUT2D eigenvalue weighted by molar-refractivity contribution is -0.139. The van der Waals surface area contributed by atoms with E-state index in [9.17, 15) is 14.7 Å². The number of amides is 1. The minimum atomic E-state index is -1.12. The molecule has 0 fully saturated rings. The lowest BCUT2D eigenvalue weighted by atomic mass is 10.1. The number of carbonyl (C=O) groups is 2. The fraction of sp³-hybridized carbons (Fsp3) is 0.143. The van der Waals surface area contributed by atoms with Crippen LogP contribution in [0.2, 0.25) is 5.15 Å². The zero-order valence-corrected chi connectivity index (χ0v) is 11.6. The van der Waals surface area contributed by atoms with Crippen LogP contribution in [-0.4, -0.2) is 33.0 Å². The van der Waals surface area contributed by atoms with Crippen LogP contribution in [-0.2, 0) is 11.2 Å². The second kappa shape index (κ2) is 6.81. The van der Waals surface area contributed by atoms with Crippen LogP contribution in [0.3, 0.4) is 0 Å². The maximum atomic E-state index is 12.0. The molecule has 0 aliphatic carbocycles. The summed E-state index contributed by atoms with van der Waals surface area (Å²) in [7, 11) is 0. The van der Waals surface area contributed by atoms with Gasteiger partial charge in [-0.3, -0.25) is 9.78 Å². The van der Waals surface area contributed by atoms with Gasteiger partial charge in [-0.2, -0.15) is 0 Å². The molecule has 2 aromatic heterocycles. The molecule has 2 rings (SSSR count). The van der Waals surface area contributed by atoms with E-state index in [2.05, 4.69) is 15.3 Å². The molecule has 1 amide bonds. The van der Waals surface area contributed by atoms with Gasteiger partial charge in [-0.1, -0.05) is 17.7 Å². The molecule has 108 valence electrons. The molecule has 21 heavy (non-hydrogen) atoms. The molecule has 0 aromatic carbocycles. The zero-order chi connectivity index (χ0) is 15.2. The van der Waals surface area contributed by atoms with E-state index >= 15 is 0 Å². The van der Waals surface area contributed by atoms with Crippen LogP contribution in [0.5, 0.6) is 0 Å². The first-order valence-corrected chi connectivity index (χ1v) is 6.48. The Morgan fingerprint density at radius 2 is 2.10 bits per heavy atom. The molecule has 2 heterocycles. The standard InChI is InChI=1S/C14H12ClN3O3/c15-12-4-3-9(7-17-12)6-11(14(20)21)18-13(19)10-2-1-5-16-8-10/h1-5,7-8,11H,6H2,(H,18,19)(H,20,21)/t11-/m0/s1. The highest BCUT2D eigenvalue weighted by atomic mass is 35.5. The van der Waals surface area contributed by atoms with Gasteiger partial charge in [0.05, 0.1) is 5.56 Å². The summed E-state index contributed by atoms with van der Waals surface area (Å²) >= 11 is 5.67. The van der Waals surface area contributed by atoms with E-state index in [-0.39, 0.29) is 6.42 Å². The van der Waals surface area contributed by atoms with Crippen molar-refractivity contribution in [2.75, 3.05) is 0 Å². The molecule has 2 aromatic rings.